The Morgan fingerprint density at radius 2 is 1.75 bits per heavy atom. The summed E-state index contributed by atoms with van der Waals surface area (Å²) in [5.41, 5.74) is 11.0. The predicted octanol–water partition coefficient (Wildman–Crippen LogP) is 3.41. The molecule has 0 aliphatic carbocycles. The summed E-state index contributed by atoms with van der Waals surface area (Å²) in [6, 6.07) is 13.7. The molecule has 0 fully saturated rings. The van der Waals surface area contributed by atoms with Crippen LogP contribution in [0.4, 0.5) is 17.6 Å². The highest BCUT2D eigenvalue weighted by Gasteiger charge is 2.10. The lowest BCUT2D eigenvalue weighted by molar-refractivity contribution is -0.144. The molecule has 0 unspecified atom stereocenters. The van der Waals surface area contributed by atoms with E-state index in [0.29, 0.717) is 5.95 Å². The molecule has 0 aliphatic heterocycles. The number of hydrogen-bond donors (Lipinski definition) is 2. The molecule has 0 atom stereocenters. The lowest BCUT2D eigenvalue weighted by Gasteiger charge is -2.09. The monoisotopic (exact) mass is 377 g/mol. The lowest BCUT2D eigenvalue weighted by atomic mass is 10.0. The Hall–Kier alpha value is -3.48. The highest BCUT2D eigenvalue weighted by Crippen LogP contribution is 2.15. The minimum absolute atomic E-state index is 0.0600. The van der Waals surface area contributed by atoms with Crippen LogP contribution in [0.3, 0.4) is 0 Å². The van der Waals surface area contributed by atoms with Crippen molar-refractivity contribution in [3.8, 4) is 0 Å². The zero-order chi connectivity index (χ0) is 20.1. The quantitative estimate of drug-likeness (QED) is 0.635. The summed E-state index contributed by atoms with van der Waals surface area (Å²) >= 11 is 0. The van der Waals surface area contributed by atoms with Crippen molar-refractivity contribution in [1.29, 1.82) is 0 Å². The van der Waals surface area contributed by atoms with Crippen LogP contribution in [-0.2, 0) is 22.6 Å². The van der Waals surface area contributed by atoms with Gasteiger partial charge in [-0.25, -0.2) is 0 Å². The fourth-order valence-corrected chi connectivity index (χ4v) is 2.60. The van der Waals surface area contributed by atoms with Crippen molar-refractivity contribution in [2.45, 2.75) is 33.8 Å². The summed E-state index contributed by atoms with van der Waals surface area (Å²) in [7, 11) is 0. The molecule has 1 aromatic heterocycles. The third kappa shape index (κ3) is 5.26. The molecule has 28 heavy (non-hydrogen) atoms. The molecular weight excluding hydrogens is 354 g/mol. The highest BCUT2D eigenvalue weighted by atomic mass is 16.5. The van der Waals surface area contributed by atoms with E-state index in [4.69, 9.17) is 10.5 Å². The molecule has 0 saturated heterocycles. The highest BCUT2D eigenvalue weighted by molar-refractivity contribution is 5.72. The fraction of sp³-hybridized carbons (Fsp3) is 0.238. The van der Waals surface area contributed by atoms with Crippen LogP contribution in [-0.4, -0.2) is 20.9 Å². The maximum Gasteiger partial charge on any atom is 0.310 e. The van der Waals surface area contributed by atoms with Crippen molar-refractivity contribution in [3.63, 3.8) is 0 Å². The van der Waals surface area contributed by atoms with Crippen LogP contribution >= 0.6 is 0 Å². The Labute approximate surface area is 164 Å². The number of nitrogens with one attached hydrogen (secondary N) is 1. The number of benzene rings is 2. The molecule has 3 aromatic rings. The van der Waals surface area contributed by atoms with Crippen LogP contribution in [0.15, 0.2) is 42.5 Å². The number of aryl methyl sites for hydroxylation is 3. The second kappa shape index (κ2) is 8.47. The Balaban J connectivity index is 1.62. The SMILES string of the molecule is Cc1ccc(Nc2nc(N)nc(COC(=O)Cc3ccc(C)c(C)c3)n2)cc1. The molecule has 3 rings (SSSR count). The number of esters is 1. The number of rotatable bonds is 6. The van der Waals surface area contributed by atoms with Gasteiger partial charge in [-0.2, -0.15) is 15.0 Å². The van der Waals surface area contributed by atoms with Gasteiger partial charge >= 0.3 is 5.97 Å². The molecule has 0 spiro atoms. The second-order valence-corrected chi connectivity index (χ2v) is 6.68. The molecule has 3 N–H and O–H groups in total. The number of nitrogens with two attached hydrogens (primary N) is 1. The second-order valence-electron chi connectivity index (χ2n) is 6.68. The van der Waals surface area contributed by atoms with Crippen LogP contribution in [0.1, 0.15) is 28.1 Å². The third-order valence-corrected chi connectivity index (χ3v) is 4.29. The van der Waals surface area contributed by atoms with E-state index in [1.807, 2.05) is 63.2 Å². The van der Waals surface area contributed by atoms with Gasteiger partial charge in [-0.3, -0.25) is 4.79 Å². The Morgan fingerprint density at radius 3 is 2.46 bits per heavy atom. The number of carbonyl (C=O) groups excluding carboxylic acids is 1. The van der Waals surface area contributed by atoms with E-state index in [9.17, 15) is 4.79 Å². The fourth-order valence-electron chi connectivity index (χ4n) is 2.60. The van der Waals surface area contributed by atoms with Gasteiger partial charge in [0.2, 0.25) is 11.9 Å². The molecule has 1 heterocycles. The van der Waals surface area contributed by atoms with Crippen LogP contribution in [0.2, 0.25) is 0 Å². The number of ether oxygens (including phenoxy) is 1. The van der Waals surface area contributed by atoms with E-state index in [0.717, 1.165) is 22.4 Å². The van der Waals surface area contributed by atoms with Gasteiger partial charge in [-0.1, -0.05) is 35.9 Å². The van der Waals surface area contributed by atoms with E-state index in [1.165, 1.54) is 5.56 Å². The molecule has 2 aromatic carbocycles. The lowest BCUT2D eigenvalue weighted by Crippen LogP contribution is -2.12. The third-order valence-electron chi connectivity index (χ3n) is 4.29. The van der Waals surface area contributed by atoms with Gasteiger partial charge in [0.1, 0.15) is 0 Å². The number of aromatic nitrogens is 3. The van der Waals surface area contributed by atoms with E-state index in [-0.39, 0.29) is 30.8 Å². The van der Waals surface area contributed by atoms with Gasteiger partial charge in [0.25, 0.3) is 0 Å². The summed E-state index contributed by atoms with van der Waals surface area (Å²) in [6.45, 7) is 5.99. The van der Waals surface area contributed by atoms with Gasteiger partial charge < -0.3 is 15.8 Å². The molecular formula is C21H23N5O2. The van der Waals surface area contributed by atoms with Crippen molar-refractivity contribution in [1.82, 2.24) is 15.0 Å². The largest absolute Gasteiger partial charge is 0.457 e. The number of nitrogen functional groups attached to an aromatic ring is 1. The van der Waals surface area contributed by atoms with E-state index < -0.39 is 0 Å². The Morgan fingerprint density at radius 1 is 1.00 bits per heavy atom. The van der Waals surface area contributed by atoms with Gasteiger partial charge in [0.05, 0.1) is 6.42 Å². The first-order valence-electron chi connectivity index (χ1n) is 8.95. The topological polar surface area (TPSA) is 103 Å². The number of carbonyl (C=O) groups is 1. The van der Waals surface area contributed by atoms with E-state index >= 15 is 0 Å². The molecule has 0 amide bonds. The summed E-state index contributed by atoms with van der Waals surface area (Å²) in [6.07, 6.45) is 0.191. The minimum atomic E-state index is -0.352. The van der Waals surface area contributed by atoms with Crippen LogP contribution in [0.25, 0.3) is 0 Å². The summed E-state index contributed by atoms with van der Waals surface area (Å²) < 4.78 is 5.30. The smallest absolute Gasteiger partial charge is 0.310 e. The first kappa shape index (κ1) is 19.3. The molecule has 0 saturated carbocycles. The minimum Gasteiger partial charge on any atom is -0.457 e. The number of nitrogens with zero attached hydrogens (tertiary/aromatic N) is 3. The summed E-state index contributed by atoms with van der Waals surface area (Å²) in [4.78, 5) is 24.5. The van der Waals surface area contributed by atoms with Crippen LogP contribution in [0, 0.1) is 20.8 Å². The van der Waals surface area contributed by atoms with Crippen molar-refractivity contribution in [3.05, 3.63) is 70.5 Å². The molecule has 7 nitrogen and oxygen atoms in total. The van der Waals surface area contributed by atoms with Gasteiger partial charge in [0, 0.05) is 5.69 Å². The normalized spacial score (nSPS) is 10.5. The summed E-state index contributed by atoms with van der Waals surface area (Å²) in [5.74, 6) is 0.298. The average molecular weight is 377 g/mol. The van der Waals surface area contributed by atoms with E-state index in [2.05, 4.69) is 20.3 Å². The van der Waals surface area contributed by atoms with Crippen LogP contribution < -0.4 is 11.1 Å². The first-order valence-corrected chi connectivity index (χ1v) is 8.95. The molecule has 144 valence electrons. The summed E-state index contributed by atoms with van der Waals surface area (Å²) in [5, 5.41) is 3.07. The van der Waals surface area contributed by atoms with Gasteiger partial charge in [-0.05, 0) is 49.6 Å². The van der Waals surface area contributed by atoms with Crippen molar-refractivity contribution in [2.75, 3.05) is 11.1 Å². The van der Waals surface area contributed by atoms with Gasteiger partial charge in [-0.15, -0.1) is 0 Å². The van der Waals surface area contributed by atoms with Crippen molar-refractivity contribution < 1.29 is 9.53 Å². The number of anilines is 3. The first-order chi connectivity index (χ1) is 13.4. The van der Waals surface area contributed by atoms with Crippen molar-refractivity contribution >= 4 is 23.6 Å². The standard InChI is InChI=1S/C21H23N5O2/c1-13-4-8-17(9-5-13)23-21-25-18(24-20(22)26-21)12-28-19(27)11-16-7-6-14(2)15(3)10-16/h4-10H,11-12H2,1-3H3,(H3,22,23,24,25,26). The van der Waals surface area contributed by atoms with E-state index in [1.54, 1.807) is 0 Å². The zero-order valence-corrected chi connectivity index (χ0v) is 16.2. The number of hydrogen-bond acceptors (Lipinski definition) is 7. The molecule has 0 radical (unpaired) electrons. The zero-order valence-electron chi connectivity index (χ0n) is 16.2. The van der Waals surface area contributed by atoms with Gasteiger partial charge in [0.15, 0.2) is 12.4 Å². The maximum atomic E-state index is 12.1. The molecule has 7 heteroatoms. The Bertz CT molecular complexity index is 987. The van der Waals surface area contributed by atoms with Crippen LogP contribution in [0.5, 0.6) is 0 Å². The average Bonchev–Trinajstić information content (AvgIpc) is 2.65. The predicted molar refractivity (Wildman–Crippen MR) is 108 cm³/mol. The molecule has 0 bridgehead atoms. The van der Waals surface area contributed by atoms with Crippen molar-refractivity contribution in [2.24, 2.45) is 0 Å². The molecule has 0 aliphatic rings. The maximum absolute atomic E-state index is 12.1. The Kier molecular flexibility index (Phi) is 5.84.